The number of fused-ring (bicyclic) bond motifs is 5. The Morgan fingerprint density at radius 2 is 1.34 bits per heavy atom. The molecule has 12 heteroatoms. The van der Waals surface area contributed by atoms with Crippen LogP contribution in [-0.4, -0.2) is 60.6 Å². The predicted molar refractivity (Wildman–Crippen MR) is 153 cm³/mol. The van der Waals surface area contributed by atoms with E-state index in [1.54, 1.807) is 0 Å². The van der Waals surface area contributed by atoms with E-state index in [2.05, 4.69) is 41.5 Å². The molecular weight excluding hydrogens is 572 g/mol. The lowest BCUT2D eigenvalue weighted by Crippen LogP contribution is -2.58. The Morgan fingerprint density at radius 1 is 0.780 bits per heavy atom. The van der Waals surface area contributed by atoms with Crippen LogP contribution in [0, 0.1) is 57.7 Å². The standard InChI is InChI=1S/C29H52O10S2/c1-16(25(30)26(31)17(2)27(3,4)5)20-10-11-21-19-9-8-18-14-23(38-40(32,33)34)24(39-41(35,36)37)15-29(18,7)22(19)12-13-28(20,21)6/h16-26,30-31H,8-15H2,1-7H3,(H,32,33,34)(H,35,36,37)/t16-,17+,18-,19-,20+,21-,22-,23+,24+,25+,26+,28+,29-/m0/s1. The molecule has 0 spiro atoms. The Kier molecular flexibility index (Phi) is 9.19. The minimum atomic E-state index is -4.88. The molecule has 10 nitrogen and oxygen atoms in total. The Morgan fingerprint density at radius 3 is 1.90 bits per heavy atom. The van der Waals surface area contributed by atoms with Crippen molar-refractivity contribution in [2.45, 2.75) is 124 Å². The molecule has 4 fully saturated rings. The lowest BCUT2D eigenvalue weighted by molar-refractivity contribution is -0.156. The fourth-order valence-electron chi connectivity index (χ4n) is 10.0. The van der Waals surface area contributed by atoms with Gasteiger partial charge in [0.2, 0.25) is 0 Å². The number of hydrogen-bond acceptors (Lipinski definition) is 8. The highest BCUT2D eigenvalue weighted by atomic mass is 32.3. The Labute approximate surface area is 246 Å². The van der Waals surface area contributed by atoms with Gasteiger partial charge in [0, 0.05) is 0 Å². The first-order valence-electron chi connectivity index (χ1n) is 15.3. The van der Waals surface area contributed by atoms with E-state index in [-0.39, 0.29) is 58.7 Å². The van der Waals surface area contributed by atoms with Gasteiger partial charge in [-0.2, -0.15) is 16.8 Å². The molecule has 0 heterocycles. The van der Waals surface area contributed by atoms with Crippen LogP contribution >= 0.6 is 0 Å². The SMILES string of the molecule is C[C@H]([C@@H](O)[C@H](O)[C@@H](C)C(C)(C)C)[C@H]1CC[C@H]2[C@@H]3CC[C@H]4C[C@@H](OS(=O)(=O)O)[C@H](OS(=O)(=O)O)C[C@]4(C)[C@H]3CC[C@]12C. The van der Waals surface area contributed by atoms with Gasteiger partial charge >= 0.3 is 20.8 Å². The summed E-state index contributed by atoms with van der Waals surface area (Å²) in [5.74, 6) is 1.25. The first-order valence-corrected chi connectivity index (χ1v) is 18.0. The molecule has 240 valence electrons. The topological polar surface area (TPSA) is 168 Å². The molecule has 4 aliphatic carbocycles. The minimum absolute atomic E-state index is 0.00503. The zero-order chi connectivity index (χ0) is 30.9. The first kappa shape index (κ1) is 33.6. The van der Waals surface area contributed by atoms with Gasteiger partial charge in [-0.05, 0) is 109 Å². The number of aliphatic hydroxyl groups is 2. The fraction of sp³-hybridized carbons (Fsp3) is 1.00. The van der Waals surface area contributed by atoms with Crippen molar-refractivity contribution in [3.8, 4) is 0 Å². The molecule has 0 aliphatic heterocycles. The van der Waals surface area contributed by atoms with Crippen LogP contribution in [0.5, 0.6) is 0 Å². The molecule has 0 aromatic carbocycles. The highest BCUT2D eigenvalue weighted by molar-refractivity contribution is 7.81. The molecule has 0 aromatic rings. The van der Waals surface area contributed by atoms with Gasteiger partial charge in [-0.1, -0.05) is 48.5 Å². The van der Waals surface area contributed by atoms with Crippen LogP contribution in [0.25, 0.3) is 0 Å². The van der Waals surface area contributed by atoms with Crippen LogP contribution in [0.15, 0.2) is 0 Å². The van der Waals surface area contributed by atoms with E-state index in [0.29, 0.717) is 11.8 Å². The molecule has 0 bridgehead atoms. The summed E-state index contributed by atoms with van der Waals surface area (Å²) in [5.41, 5.74) is -0.484. The van der Waals surface area contributed by atoms with Crippen LogP contribution in [-0.2, 0) is 29.2 Å². The van der Waals surface area contributed by atoms with Crippen LogP contribution in [0.4, 0.5) is 0 Å². The predicted octanol–water partition coefficient (Wildman–Crippen LogP) is 4.67. The van der Waals surface area contributed by atoms with E-state index in [1.807, 2.05) is 6.92 Å². The monoisotopic (exact) mass is 624 g/mol. The van der Waals surface area contributed by atoms with Crippen molar-refractivity contribution < 1.29 is 44.5 Å². The average Bonchev–Trinajstić information content (AvgIpc) is 3.17. The van der Waals surface area contributed by atoms with Crippen LogP contribution in [0.1, 0.15) is 99.8 Å². The third kappa shape index (κ3) is 6.55. The average molecular weight is 625 g/mol. The van der Waals surface area contributed by atoms with Gasteiger partial charge < -0.3 is 10.2 Å². The van der Waals surface area contributed by atoms with Crippen molar-refractivity contribution in [3.63, 3.8) is 0 Å². The maximum absolute atomic E-state index is 11.7. The van der Waals surface area contributed by atoms with E-state index in [1.165, 1.54) is 0 Å². The Bertz CT molecular complexity index is 1170. The van der Waals surface area contributed by atoms with Crippen molar-refractivity contribution >= 4 is 20.8 Å². The quantitative estimate of drug-likeness (QED) is 0.279. The smallest absolute Gasteiger partial charge is 0.390 e. The molecule has 4 rings (SSSR count). The molecule has 0 unspecified atom stereocenters. The molecule has 0 saturated heterocycles. The summed E-state index contributed by atoms with van der Waals surface area (Å²) in [5, 5.41) is 22.4. The van der Waals surface area contributed by atoms with Crippen molar-refractivity contribution in [2.24, 2.45) is 57.7 Å². The number of hydrogen-bond donors (Lipinski definition) is 4. The zero-order valence-corrected chi connectivity index (χ0v) is 27.2. The van der Waals surface area contributed by atoms with E-state index < -0.39 is 45.2 Å². The molecule has 13 atom stereocenters. The van der Waals surface area contributed by atoms with E-state index in [0.717, 1.165) is 38.5 Å². The van der Waals surface area contributed by atoms with Gasteiger partial charge in [-0.25, -0.2) is 8.37 Å². The minimum Gasteiger partial charge on any atom is -0.390 e. The highest BCUT2D eigenvalue weighted by Gasteiger charge is 2.63. The third-order valence-electron chi connectivity index (χ3n) is 12.6. The summed E-state index contributed by atoms with van der Waals surface area (Å²) in [4.78, 5) is 0. The molecule has 41 heavy (non-hydrogen) atoms. The van der Waals surface area contributed by atoms with Crippen molar-refractivity contribution in [2.75, 3.05) is 0 Å². The lowest BCUT2D eigenvalue weighted by Gasteiger charge is -2.62. The molecule has 0 radical (unpaired) electrons. The van der Waals surface area contributed by atoms with Crippen LogP contribution in [0.2, 0.25) is 0 Å². The Balaban J connectivity index is 1.55. The summed E-state index contributed by atoms with van der Waals surface area (Å²) < 4.78 is 75.0. The molecular formula is C29H52O10S2. The second-order valence-electron chi connectivity index (χ2n) is 15.4. The van der Waals surface area contributed by atoms with Gasteiger partial charge in [0.25, 0.3) is 0 Å². The normalized spacial score (nSPS) is 42.9. The van der Waals surface area contributed by atoms with Crippen LogP contribution < -0.4 is 0 Å². The van der Waals surface area contributed by atoms with Gasteiger partial charge in [-0.3, -0.25) is 9.11 Å². The van der Waals surface area contributed by atoms with E-state index in [4.69, 9.17) is 8.37 Å². The van der Waals surface area contributed by atoms with Crippen molar-refractivity contribution in [1.29, 1.82) is 0 Å². The summed E-state index contributed by atoms with van der Waals surface area (Å²) in [6, 6.07) is 0. The third-order valence-corrected chi connectivity index (χ3v) is 13.6. The summed E-state index contributed by atoms with van der Waals surface area (Å²) in [6.45, 7) is 14.8. The lowest BCUT2D eigenvalue weighted by atomic mass is 9.44. The largest absolute Gasteiger partial charge is 0.397 e. The Hall–Kier alpha value is -0.340. The van der Waals surface area contributed by atoms with E-state index >= 15 is 0 Å². The molecule has 0 aromatic heterocycles. The fourth-order valence-corrected chi connectivity index (χ4v) is 11.0. The maximum atomic E-state index is 11.7. The van der Waals surface area contributed by atoms with Crippen molar-refractivity contribution in [1.82, 2.24) is 0 Å². The first-order chi connectivity index (χ1) is 18.6. The van der Waals surface area contributed by atoms with Crippen molar-refractivity contribution in [3.05, 3.63) is 0 Å². The van der Waals surface area contributed by atoms with Gasteiger partial charge in [0.05, 0.1) is 12.2 Å². The van der Waals surface area contributed by atoms with E-state index in [9.17, 15) is 36.2 Å². The molecule has 4 aliphatic rings. The second-order valence-corrected chi connectivity index (χ2v) is 17.5. The highest BCUT2D eigenvalue weighted by Crippen LogP contribution is 2.68. The molecule has 4 saturated carbocycles. The summed E-state index contributed by atoms with van der Waals surface area (Å²) in [7, 11) is -9.73. The van der Waals surface area contributed by atoms with Gasteiger partial charge in [-0.15, -0.1) is 0 Å². The van der Waals surface area contributed by atoms with Crippen LogP contribution in [0.3, 0.4) is 0 Å². The van der Waals surface area contributed by atoms with Gasteiger partial charge in [0.15, 0.2) is 0 Å². The maximum Gasteiger partial charge on any atom is 0.397 e. The number of rotatable bonds is 8. The summed E-state index contributed by atoms with van der Waals surface area (Å²) in [6.07, 6.45) is 1.98. The molecule has 0 amide bonds. The summed E-state index contributed by atoms with van der Waals surface area (Å²) >= 11 is 0. The zero-order valence-electron chi connectivity index (χ0n) is 25.6. The number of aliphatic hydroxyl groups excluding tert-OH is 2. The second kappa shape index (κ2) is 11.2. The molecule has 4 N–H and O–H groups in total. The van der Waals surface area contributed by atoms with Gasteiger partial charge in [0.1, 0.15) is 12.2 Å².